The quantitative estimate of drug-likeness (QED) is 0.425. The molecule has 1 aromatic heterocycles. The molecule has 0 saturated carbocycles. The normalized spacial score (nSPS) is 20.6. The van der Waals surface area contributed by atoms with Crippen molar-refractivity contribution in [1.82, 2.24) is 20.0 Å². The average Bonchev–Trinajstić information content (AvgIpc) is 3.07. The Morgan fingerprint density at radius 1 is 1.19 bits per heavy atom. The Bertz CT molecular complexity index is 687. The van der Waals surface area contributed by atoms with Gasteiger partial charge < -0.3 is 10.2 Å². The number of likely N-dealkylation sites (tertiary alicyclic amines) is 1. The van der Waals surface area contributed by atoms with Gasteiger partial charge in [0.05, 0.1) is 11.9 Å². The van der Waals surface area contributed by atoms with Crippen LogP contribution in [-0.4, -0.2) is 47.3 Å². The zero-order valence-corrected chi connectivity index (χ0v) is 18.3. The number of guanidine groups is 1. The van der Waals surface area contributed by atoms with Crippen molar-refractivity contribution in [3.05, 3.63) is 48.3 Å². The number of piperidine rings is 1. The fourth-order valence-corrected chi connectivity index (χ4v) is 3.70. The molecule has 0 spiro atoms. The molecule has 0 aliphatic carbocycles. The molecule has 1 aliphatic heterocycles. The van der Waals surface area contributed by atoms with Crippen LogP contribution in [0.15, 0.2) is 47.7 Å². The van der Waals surface area contributed by atoms with Crippen molar-refractivity contribution in [3.63, 3.8) is 0 Å². The first-order valence-corrected chi connectivity index (χ1v) is 9.20. The fraction of sp³-hybridized carbons (Fsp3) is 0.500. The molecule has 6 heteroatoms. The first-order chi connectivity index (χ1) is 12.2. The number of para-hydroxylation sites is 1. The number of benzene rings is 1. The zero-order valence-electron chi connectivity index (χ0n) is 15.9. The maximum absolute atomic E-state index is 4.48. The van der Waals surface area contributed by atoms with Gasteiger partial charge in [-0.05, 0) is 42.4 Å². The monoisotopic (exact) mass is 467 g/mol. The highest BCUT2D eigenvalue weighted by Gasteiger charge is 2.23. The fourth-order valence-electron chi connectivity index (χ4n) is 3.70. The van der Waals surface area contributed by atoms with Crippen molar-refractivity contribution in [2.75, 3.05) is 26.7 Å². The van der Waals surface area contributed by atoms with Gasteiger partial charge in [-0.15, -0.1) is 24.0 Å². The van der Waals surface area contributed by atoms with E-state index in [0.29, 0.717) is 0 Å². The lowest BCUT2D eigenvalue weighted by Gasteiger charge is -2.37. The topological polar surface area (TPSA) is 45.5 Å². The molecule has 1 saturated heterocycles. The van der Waals surface area contributed by atoms with Crippen molar-refractivity contribution >= 4 is 29.9 Å². The lowest BCUT2D eigenvalue weighted by Crippen LogP contribution is -2.48. The molecule has 2 aromatic rings. The van der Waals surface area contributed by atoms with Crippen LogP contribution in [0.2, 0.25) is 0 Å². The van der Waals surface area contributed by atoms with E-state index >= 15 is 0 Å². The van der Waals surface area contributed by atoms with Gasteiger partial charge in [-0.25, -0.2) is 4.68 Å². The number of hydrogen-bond donors (Lipinski definition) is 1. The second kappa shape index (κ2) is 9.94. The van der Waals surface area contributed by atoms with Gasteiger partial charge in [0.2, 0.25) is 0 Å². The molecule has 3 rings (SSSR count). The van der Waals surface area contributed by atoms with Crippen LogP contribution >= 0.6 is 24.0 Å². The van der Waals surface area contributed by atoms with Gasteiger partial charge >= 0.3 is 0 Å². The predicted molar refractivity (Wildman–Crippen MR) is 119 cm³/mol. The molecule has 1 aromatic carbocycles. The molecule has 5 nitrogen and oxygen atoms in total. The van der Waals surface area contributed by atoms with E-state index in [0.717, 1.165) is 49.5 Å². The number of nitrogens with one attached hydrogen (secondary N) is 1. The minimum atomic E-state index is 0. The Kier molecular flexibility index (Phi) is 7.93. The second-order valence-corrected chi connectivity index (χ2v) is 7.20. The number of rotatable bonds is 4. The second-order valence-electron chi connectivity index (χ2n) is 7.20. The zero-order chi connectivity index (χ0) is 17.6. The largest absolute Gasteiger partial charge is 0.356 e. The third-order valence-electron chi connectivity index (χ3n) is 4.73. The highest BCUT2D eigenvalue weighted by molar-refractivity contribution is 14.0. The van der Waals surface area contributed by atoms with Crippen LogP contribution in [0.1, 0.15) is 25.8 Å². The molecule has 2 atom stereocenters. The van der Waals surface area contributed by atoms with Crippen LogP contribution in [0.25, 0.3) is 5.69 Å². The summed E-state index contributed by atoms with van der Waals surface area (Å²) in [5, 5.41) is 7.98. The van der Waals surface area contributed by atoms with E-state index in [4.69, 9.17) is 0 Å². The smallest absolute Gasteiger partial charge is 0.193 e. The Balaban J connectivity index is 0.00000243. The number of aliphatic imine (C=N–C) groups is 1. The third kappa shape index (κ3) is 5.46. The number of halogens is 1. The van der Waals surface area contributed by atoms with E-state index in [1.54, 1.807) is 0 Å². The Labute approximate surface area is 173 Å². The molecule has 2 unspecified atom stereocenters. The Morgan fingerprint density at radius 3 is 2.54 bits per heavy atom. The Hall–Kier alpha value is -1.57. The van der Waals surface area contributed by atoms with Crippen molar-refractivity contribution in [1.29, 1.82) is 0 Å². The van der Waals surface area contributed by atoms with Gasteiger partial charge in [0.1, 0.15) is 0 Å². The van der Waals surface area contributed by atoms with E-state index in [1.165, 1.54) is 12.0 Å². The molecule has 1 N–H and O–H groups in total. The molecule has 1 aliphatic rings. The van der Waals surface area contributed by atoms with Crippen LogP contribution in [0, 0.1) is 11.8 Å². The average molecular weight is 467 g/mol. The SMILES string of the molecule is CN=C(NCCc1cnn(-c2ccccc2)c1)N1CC(C)CC(C)C1.I. The molecule has 0 amide bonds. The molecule has 1 fully saturated rings. The molecule has 0 radical (unpaired) electrons. The first-order valence-electron chi connectivity index (χ1n) is 9.20. The molecule has 2 heterocycles. The van der Waals surface area contributed by atoms with Crippen LogP contribution in [0.4, 0.5) is 0 Å². The molecule has 142 valence electrons. The molecular weight excluding hydrogens is 437 g/mol. The summed E-state index contributed by atoms with van der Waals surface area (Å²) in [4.78, 5) is 6.87. The van der Waals surface area contributed by atoms with Crippen molar-refractivity contribution in [2.24, 2.45) is 16.8 Å². The summed E-state index contributed by atoms with van der Waals surface area (Å²) in [6.45, 7) is 7.71. The summed E-state index contributed by atoms with van der Waals surface area (Å²) < 4.78 is 1.93. The summed E-state index contributed by atoms with van der Waals surface area (Å²) in [5.41, 5.74) is 2.32. The van der Waals surface area contributed by atoms with Crippen molar-refractivity contribution in [2.45, 2.75) is 26.7 Å². The van der Waals surface area contributed by atoms with Gasteiger partial charge in [0.15, 0.2) is 5.96 Å². The molecule has 26 heavy (non-hydrogen) atoms. The summed E-state index contributed by atoms with van der Waals surface area (Å²) in [6.07, 6.45) is 6.30. The number of nitrogens with zero attached hydrogens (tertiary/aromatic N) is 4. The first kappa shape index (κ1) is 20.7. The van der Waals surface area contributed by atoms with Gasteiger partial charge in [0, 0.05) is 32.9 Å². The lowest BCUT2D eigenvalue weighted by molar-refractivity contribution is 0.208. The van der Waals surface area contributed by atoms with Gasteiger partial charge in [-0.3, -0.25) is 4.99 Å². The van der Waals surface area contributed by atoms with E-state index in [1.807, 2.05) is 36.1 Å². The number of hydrogen-bond acceptors (Lipinski definition) is 2. The number of aromatic nitrogens is 2. The lowest BCUT2D eigenvalue weighted by atomic mass is 9.92. The summed E-state index contributed by atoms with van der Waals surface area (Å²) in [5.74, 6) is 2.48. The maximum Gasteiger partial charge on any atom is 0.193 e. The van der Waals surface area contributed by atoms with Crippen LogP contribution in [-0.2, 0) is 6.42 Å². The maximum atomic E-state index is 4.48. The van der Waals surface area contributed by atoms with E-state index < -0.39 is 0 Å². The van der Waals surface area contributed by atoms with Crippen LogP contribution in [0.5, 0.6) is 0 Å². The van der Waals surface area contributed by atoms with Gasteiger partial charge in [0.25, 0.3) is 0 Å². The van der Waals surface area contributed by atoms with Crippen LogP contribution < -0.4 is 5.32 Å². The summed E-state index contributed by atoms with van der Waals surface area (Å²) in [6, 6.07) is 10.2. The summed E-state index contributed by atoms with van der Waals surface area (Å²) >= 11 is 0. The third-order valence-corrected chi connectivity index (χ3v) is 4.73. The minimum Gasteiger partial charge on any atom is -0.356 e. The van der Waals surface area contributed by atoms with Crippen molar-refractivity contribution in [3.8, 4) is 5.69 Å². The minimum absolute atomic E-state index is 0. The van der Waals surface area contributed by atoms with E-state index in [2.05, 4.69) is 52.5 Å². The van der Waals surface area contributed by atoms with Gasteiger partial charge in [-0.2, -0.15) is 5.10 Å². The van der Waals surface area contributed by atoms with Crippen LogP contribution in [0.3, 0.4) is 0 Å². The van der Waals surface area contributed by atoms with E-state index in [9.17, 15) is 0 Å². The predicted octanol–water partition coefficient (Wildman–Crippen LogP) is 3.59. The van der Waals surface area contributed by atoms with E-state index in [-0.39, 0.29) is 24.0 Å². The Morgan fingerprint density at radius 2 is 1.88 bits per heavy atom. The summed E-state index contributed by atoms with van der Waals surface area (Å²) in [7, 11) is 1.87. The molecule has 0 bridgehead atoms. The molecular formula is C20H30IN5. The highest BCUT2D eigenvalue weighted by atomic mass is 127. The highest BCUT2D eigenvalue weighted by Crippen LogP contribution is 2.20. The standard InChI is InChI=1S/C20H29N5.HI/c1-16-11-17(2)14-24(13-16)20(21-3)22-10-9-18-12-23-25(15-18)19-7-5-4-6-8-19;/h4-8,12,15-17H,9-11,13-14H2,1-3H3,(H,21,22);1H. The van der Waals surface area contributed by atoms with Gasteiger partial charge in [-0.1, -0.05) is 32.0 Å². The van der Waals surface area contributed by atoms with Crippen molar-refractivity contribution < 1.29 is 0 Å².